The lowest BCUT2D eigenvalue weighted by atomic mass is 10.4. The van der Waals surface area contributed by atoms with Gasteiger partial charge in [-0.15, -0.1) is 6.42 Å². The van der Waals surface area contributed by atoms with Crippen molar-refractivity contribution in [3.8, 4) is 12.3 Å². The summed E-state index contributed by atoms with van der Waals surface area (Å²) >= 11 is 1.53. The third kappa shape index (κ3) is 4.30. The van der Waals surface area contributed by atoms with Gasteiger partial charge in [-0.2, -0.15) is 11.8 Å². The zero-order chi connectivity index (χ0) is 9.40. The number of hydrogen-bond acceptors (Lipinski definition) is 2. The smallest absolute Gasteiger partial charge is 0.233 e. The lowest BCUT2D eigenvalue weighted by Crippen LogP contribution is -2.33. The van der Waals surface area contributed by atoms with Gasteiger partial charge in [-0.3, -0.25) is 4.79 Å². The van der Waals surface area contributed by atoms with Crippen molar-refractivity contribution in [2.45, 2.75) is 13.3 Å². The third-order valence-corrected chi connectivity index (χ3v) is 1.93. The SMILES string of the molecule is C#CCN(CCC)C(=O)CSC. The molecule has 0 fully saturated rings. The number of thioether (sulfide) groups is 1. The predicted molar refractivity (Wildman–Crippen MR) is 54.1 cm³/mol. The number of hydrogen-bond donors (Lipinski definition) is 0. The van der Waals surface area contributed by atoms with Gasteiger partial charge in [-0.25, -0.2) is 0 Å². The molecule has 0 aromatic rings. The molecule has 0 aliphatic rings. The maximum absolute atomic E-state index is 11.3. The van der Waals surface area contributed by atoms with Crippen molar-refractivity contribution in [2.24, 2.45) is 0 Å². The molecule has 0 spiro atoms. The zero-order valence-corrected chi connectivity index (χ0v) is 8.49. The first-order valence-corrected chi connectivity index (χ1v) is 5.35. The van der Waals surface area contributed by atoms with Crippen molar-refractivity contribution in [1.29, 1.82) is 0 Å². The van der Waals surface area contributed by atoms with E-state index in [0.29, 0.717) is 12.3 Å². The monoisotopic (exact) mass is 185 g/mol. The van der Waals surface area contributed by atoms with Gasteiger partial charge in [0.1, 0.15) is 0 Å². The number of rotatable bonds is 5. The van der Waals surface area contributed by atoms with Crippen LogP contribution in [0.25, 0.3) is 0 Å². The van der Waals surface area contributed by atoms with Crippen molar-refractivity contribution >= 4 is 17.7 Å². The maximum Gasteiger partial charge on any atom is 0.233 e. The van der Waals surface area contributed by atoms with Crippen LogP contribution in [0.3, 0.4) is 0 Å². The summed E-state index contributed by atoms with van der Waals surface area (Å²) in [7, 11) is 0. The van der Waals surface area contributed by atoms with E-state index in [4.69, 9.17) is 6.42 Å². The van der Waals surface area contributed by atoms with E-state index in [1.54, 1.807) is 4.90 Å². The van der Waals surface area contributed by atoms with Gasteiger partial charge in [-0.1, -0.05) is 12.8 Å². The molecule has 1 amide bonds. The molecule has 0 N–H and O–H groups in total. The van der Waals surface area contributed by atoms with Gasteiger partial charge >= 0.3 is 0 Å². The number of amides is 1. The topological polar surface area (TPSA) is 20.3 Å². The zero-order valence-electron chi connectivity index (χ0n) is 7.67. The highest BCUT2D eigenvalue weighted by Crippen LogP contribution is 1.98. The van der Waals surface area contributed by atoms with Crippen LogP contribution < -0.4 is 0 Å². The number of terminal acetylenes is 1. The average molecular weight is 185 g/mol. The molecular weight excluding hydrogens is 170 g/mol. The van der Waals surface area contributed by atoms with Crippen LogP contribution in [0.1, 0.15) is 13.3 Å². The number of nitrogens with zero attached hydrogens (tertiary/aromatic N) is 1. The van der Waals surface area contributed by atoms with E-state index < -0.39 is 0 Å². The first kappa shape index (κ1) is 11.4. The van der Waals surface area contributed by atoms with Crippen LogP contribution in [0, 0.1) is 12.3 Å². The molecule has 0 aromatic carbocycles. The van der Waals surface area contributed by atoms with Crippen LogP contribution in [-0.2, 0) is 4.79 Å². The molecule has 3 heteroatoms. The lowest BCUT2D eigenvalue weighted by molar-refractivity contribution is -0.127. The van der Waals surface area contributed by atoms with Gasteiger partial charge in [0, 0.05) is 6.54 Å². The van der Waals surface area contributed by atoms with Crippen molar-refractivity contribution in [1.82, 2.24) is 4.90 Å². The lowest BCUT2D eigenvalue weighted by Gasteiger charge is -2.18. The third-order valence-electron chi connectivity index (χ3n) is 1.40. The Morgan fingerprint density at radius 3 is 2.75 bits per heavy atom. The normalized spacial score (nSPS) is 9.08. The Bertz CT molecular complexity index is 174. The molecule has 0 heterocycles. The molecule has 0 aliphatic heterocycles. The molecule has 0 atom stereocenters. The molecule has 12 heavy (non-hydrogen) atoms. The molecule has 0 bridgehead atoms. The average Bonchev–Trinajstić information content (AvgIpc) is 2.04. The van der Waals surface area contributed by atoms with E-state index in [-0.39, 0.29) is 5.91 Å². The second-order valence-electron chi connectivity index (χ2n) is 2.45. The summed E-state index contributed by atoms with van der Waals surface area (Å²) < 4.78 is 0. The quantitative estimate of drug-likeness (QED) is 0.600. The highest BCUT2D eigenvalue weighted by Gasteiger charge is 2.09. The Balaban J connectivity index is 3.92. The fourth-order valence-electron chi connectivity index (χ4n) is 0.887. The molecule has 68 valence electrons. The minimum absolute atomic E-state index is 0.141. The van der Waals surface area contributed by atoms with E-state index in [1.807, 2.05) is 13.2 Å². The Morgan fingerprint density at radius 1 is 1.67 bits per heavy atom. The van der Waals surface area contributed by atoms with Gasteiger partial charge < -0.3 is 4.90 Å². The number of carbonyl (C=O) groups is 1. The summed E-state index contributed by atoms with van der Waals surface area (Å²) in [5, 5.41) is 0. The minimum Gasteiger partial charge on any atom is -0.331 e. The van der Waals surface area contributed by atoms with E-state index in [9.17, 15) is 4.79 Å². The molecule has 0 aliphatic carbocycles. The Kier molecular flexibility index (Phi) is 6.69. The molecular formula is C9H15NOS. The van der Waals surface area contributed by atoms with Gasteiger partial charge in [-0.05, 0) is 12.7 Å². The molecule has 2 nitrogen and oxygen atoms in total. The number of carbonyl (C=O) groups excluding carboxylic acids is 1. The van der Waals surface area contributed by atoms with E-state index in [2.05, 4.69) is 5.92 Å². The summed E-state index contributed by atoms with van der Waals surface area (Å²) in [6.45, 7) is 3.24. The fourth-order valence-corrected chi connectivity index (χ4v) is 1.32. The second kappa shape index (κ2) is 7.05. The van der Waals surface area contributed by atoms with Gasteiger partial charge in [0.2, 0.25) is 5.91 Å². The highest BCUT2D eigenvalue weighted by atomic mass is 32.2. The van der Waals surface area contributed by atoms with E-state index in [0.717, 1.165) is 13.0 Å². The summed E-state index contributed by atoms with van der Waals surface area (Å²) in [6.07, 6.45) is 8.02. The Hall–Kier alpha value is -0.620. The second-order valence-corrected chi connectivity index (χ2v) is 3.32. The fraction of sp³-hybridized carbons (Fsp3) is 0.667. The summed E-state index contributed by atoms with van der Waals surface area (Å²) in [5.74, 6) is 3.16. The summed E-state index contributed by atoms with van der Waals surface area (Å²) in [4.78, 5) is 13.1. The first-order chi connectivity index (χ1) is 5.76. The molecule has 0 saturated carbocycles. The largest absolute Gasteiger partial charge is 0.331 e. The predicted octanol–water partition coefficient (Wildman–Crippen LogP) is 1.22. The van der Waals surface area contributed by atoms with E-state index >= 15 is 0 Å². The van der Waals surface area contributed by atoms with Gasteiger partial charge in [0.05, 0.1) is 12.3 Å². The van der Waals surface area contributed by atoms with Crippen molar-refractivity contribution in [3.63, 3.8) is 0 Å². The van der Waals surface area contributed by atoms with Crippen molar-refractivity contribution in [3.05, 3.63) is 0 Å². The van der Waals surface area contributed by atoms with Crippen molar-refractivity contribution < 1.29 is 4.79 Å². The summed E-state index contributed by atoms with van der Waals surface area (Å²) in [6, 6.07) is 0. The maximum atomic E-state index is 11.3. The van der Waals surface area contributed by atoms with Gasteiger partial charge in [0.15, 0.2) is 0 Å². The Labute approximate surface area is 78.7 Å². The van der Waals surface area contributed by atoms with Crippen LogP contribution in [0.15, 0.2) is 0 Å². The molecule has 0 saturated heterocycles. The minimum atomic E-state index is 0.141. The van der Waals surface area contributed by atoms with Crippen LogP contribution in [0.2, 0.25) is 0 Å². The standard InChI is InChI=1S/C9H15NOS/c1-4-6-10(7-5-2)9(11)8-12-3/h1H,5-8H2,2-3H3. The van der Waals surface area contributed by atoms with Crippen molar-refractivity contribution in [2.75, 3.05) is 25.1 Å². The van der Waals surface area contributed by atoms with Gasteiger partial charge in [0.25, 0.3) is 0 Å². The Morgan fingerprint density at radius 2 is 2.33 bits per heavy atom. The van der Waals surface area contributed by atoms with Crippen LogP contribution in [0.5, 0.6) is 0 Å². The molecule has 0 rings (SSSR count). The summed E-state index contributed by atoms with van der Waals surface area (Å²) in [5.41, 5.74) is 0. The van der Waals surface area contributed by atoms with E-state index in [1.165, 1.54) is 11.8 Å². The molecule has 0 unspecified atom stereocenters. The van der Waals surface area contributed by atoms with Crippen LogP contribution >= 0.6 is 11.8 Å². The highest BCUT2D eigenvalue weighted by molar-refractivity contribution is 7.99. The molecule has 0 aromatic heterocycles. The van der Waals surface area contributed by atoms with Crippen LogP contribution in [-0.4, -0.2) is 35.9 Å². The van der Waals surface area contributed by atoms with Crippen LogP contribution in [0.4, 0.5) is 0 Å². The molecule has 0 radical (unpaired) electrons. The first-order valence-electron chi connectivity index (χ1n) is 3.96.